The van der Waals surface area contributed by atoms with Crippen molar-refractivity contribution in [1.82, 2.24) is 0 Å². The second-order valence-electron chi connectivity index (χ2n) is 5.83. The van der Waals surface area contributed by atoms with E-state index in [1.807, 2.05) is 13.8 Å². The standard InChI is InChI=1S/C20H23N.C2H6/c1-3-15(4-2)17-9-7-10-18(14-17)20-13-12-16-8-5-6-11-19(16)21-20;1-2/h5-11,14-15H,3-4,12-13H2,1-2H3;1-2H3. The maximum Gasteiger partial charge on any atom is 0.0665 e. The van der Waals surface area contributed by atoms with Crippen molar-refractivity contribution in [2.24, 2.45) is 4.99 Å². The van der Waals surface area contributed by atoms with E-state index in [1.54, 1.807) is 0 Å². The first-order chi connectivity index (χ1) is 11.3. The monoisotopic (exact) mass is 307 g/mol. The number of benzene rings is 2. The Bertz CT molecular complexity index is 651. The van der Waals surface area contributed by atoms with Crippen molar-refractivity contribution in [3.05, 3.63) is 65.2 Å². The third-order valence-corrected chi connectivity index (χ3v) is 4.56. The molecule has 1 nitrogen and oxygen atoms in total. The topological polar surface area (TPSA) is 12.4 Å². The summed E-state index contributed by atoms with van der Waals surface area (Å²) in [6.07, 6.45) is 4.55. The van der Waals surface area contributed by atoms with Crippen LogP contribution in [0, 0.1) is 0 Å². The van der Waals surface area contributed by atoms with Gasteiger partial charge >= 0.3 is 0 Å². The highest BCUT2D eigenvalue weighted by Gasteiger charge is 2.14. The molecule has 3 rings (SSSR count). The number of aliphatic imine (C=N–C) groups is 1. The average molecular weight is 307 g/mol. The molecule has 0 fully saturated rings. The summed E-state index contributed by atoms with van der Waals surface area (Å²) in [5.41, 5.74) is 6.51. The average Bonchev–Trinajstić information content (AvgIpc) is 2.64. The Morgan fingerprint density at radius 2 is 1.65 bits per heavy atom. The zero-order chi connectivity index (χ0) is 16.7. The van der Waals surface area contributed by atoms with E-state index in [-0.39, 0.29) is 0 Å². The fourth-order valence-electron chi connectivity index (χ4n) is 3.23. The highest BCUT2D eigenvalue weighted by molar-refractivity contribution is 6.03. The number of hydrogen-bond donors (Lipinski definition) is 0. The minimum Gasteiger partial charge on any atom is -0.253 e. The number of rotatable bonds is 4. The summed E-state index contributed by atoms with van der Waals surface area (Å²) in [6.45, 7) is 8.55. The summed E-state index contributed by atoms with van der Waals surface area (Å²) in [4.78, 5) is 4.88. The maximum absolute atomic E-state index is 4.88. The smallest absolute Gasteiger partial charge is 0.0665 e. The first kappa shape index (κ1) is 17.5. The van der Waals surface area contributed by atoms with Gasteiger partial charge in [-0.1, -0.05) is 64.1 Å². The number of aryl methyl sites for hydroxylation is 1. The lowest BCUT2D eigenvalue weighted by atomic mass is 9.90. The molecule has 23 heavy (non-hydrogen) atoms. The molecule has 0 unspecified atom stereocenters. The predicted octanol–water partition coefficient (Wildman–Crippen LogP) is 6.68. The first-order valence-corrected chi connectivity index (χ1v) is 9.07. The third-order valence-electron chi connectivity index (χ3n) is 4.56. The molecule has 0 saturated heterocycles. The van der Waals surface area contributed by atoms with E-state index in [4.69, 9.17) is 4.99 Å². The lowest BCUT2D eigenvalue weighted by Crippen LogP contribution is -2.08. The zero-order valence-electron chi connectivity index (χ0n) is 15.0. The van der Waals surface area contributed by atoms with E-state index in [0.717, 1.165) is 18.5 Å². The lowest BCUT2D eigenvalue weighted by molar-refractivity contribution is 0.642. The molecule has 0 amide bonds. The molecule has 1 aliphatic rings. The molecule has 1 heterocycles. The van der Waals surface area contributed by atoms with Gasteiger partial charge in [-0.05, 0) is 60.4 Å². The van der Waals surface area contributed by atoms with Crippen molar-refractivity contribution < 1.29 is 0 Å². The van der Waals surface area contributed by atoms with Crippen LogP contribution in [0.2, 0.25) is 0 Å². The van der Waals surface area contributed by atoms with Crippen LogP contribution in [0.4, 0.5) is 5.69 Å². The molecule has 0 spiro atoms. The van der Waals surface area contributed by atoms with Crippen LogP contribution in [0.5, 0.6) is 0 Å². The Morgan fingerprint density at radius 1 is 0.913 bits per heavy atom. The number of hydrogen-bond acceptors (Lipinski definition) is 1. The second-order valence-corrected chi connectivity index (χ2v) is 5.83. The van der Waals surface area contributed by atoms with E-state index in [1.165, 1.54) is 35.2 Å². The third kappa shape index (κ3) is 4.10. The highest BCUT2D eigenvalue weighted by Crippen LogP contribution is 2.29. The van der Waals surface area contributed by atoms with E-state index in [9.17, 15) is 0 Å². The Hall–Kier alpha value is -1.89. The summed E-state index contributed by atoms with van der Waals surface area (Å²) in [6, 6.07) is 17.5. The molecule has 122 valence electrons. The molecule has 0 saturated carbocycles. The van der Waals surface area contributed by atoms with Gasteiger partial charge in [-0.2, -0.15) is 0 Å². The molecule has 1 heteroatoms. The minimum absolute atomic E-state index is 0.668. The van der Waals surface area contributed by atoms with Gasteiger partial charge in [0.15, 0.2) is 0 Å². The summed E-state index contributed by atoms with van der Waals surface area (Å²) in [5, 5.41) is 0. The molecular weight excluding hydrogens is 278 g/mol. The van der Waals surface area contributed by atoms with E-state index < -0.39 is 0 Å². The van der Waals surface area contributed by atoms with Gasteiger partial charge in [-0.15, -0.1) is 0 Å². The van der Waals surface area contributed by atoms with Crippen LogP contribution >= 0.6 is 0 Å². The van der Waals surface area contributed by atoms with Gasteiger partial charge in [-0.3, -0.25) is 4.99 Å². The molecule has 1 aliphatic heterocycles. The summed E-state index contributed by atoms with van der Waals surface area (Å²) < 4.78 is 0. The van der Waals surface area contributed by atoms with Crippen molar-refractivity contribution in [2.45, 2.75) is 59.3 Å². The van der Waals surface area contributed by atoms with Gasteiger partial charge in [0.05, 0.1) is 5.69 Å². The quantitative estimate of drug-likeness (QED) is 0.597. The van der Waals surface area contributed by atoms with Crippen LogP contribution < -0.4 is 0 Å². The van der Waals surface area contributed by atoms with Gasteiger partial charge in [0.2, 0.25) is 0 Å². The molecule has 2 aromatic carbocycles. The fourth-order valence-corrected chi connectivity index (χ4v) is 3.23. The molecular formula is C22H29N. The van der Waals surface area contributed by atoms with Crippen LogP contribution in [-0.2, 0) is 6.42 Å². The van der Waals surface area contributed by atoms with E-state index >= 15 is 0 Å². The number of fused-ring (bicyclic) bond motifs is 1. The molecule has 0 N–H and O–H groups in total. The molecule has 0 bridgehead atoms. The maximum atomic E-state index is 4.88. The second kappa shape index (κ2) is 8.67. The zero-order valence-corrected chi connectivity index (χ0v) is 15.0. The van der Waals surface area contributed by atoms with Crippen molar-refractivity contribution in [3.63, 3.8) is 0 Å². The Labute approximate surface area is 141 Å². The largest absolute Gasteiger partial charge is 0.253 e. The van der Waals surface area contributed by atoms with Crippen LogP contribution in [-0.4, -0.2) is 5.71 Å². The van der Waals surface area contributed by atoms with Crippen LogP contribution in [0.1, 0.15) is 69.6 Å². The van der Waals surface area contributed by atoms with E-state index in [0.29, 0.717) is 5.92 Å². The van der Waals surface area contributed by atoms with Crippen molar-refractivity contribution in [2.75, 3.05) is 0 Å². The number of para-hydroxylation sites is 1. The molecule has 0 aromatic heterocycles. The molecule has 0 atom stereocenters. The van der Waals surface area contributed by atoms with Gasteiger partial charge in [0.1, 0.15) is 0 Å². The van der Waals surface area contributed by atoms with Gasteiger partial charge in [0, 0.05) is 5.71 Å². The van der Waals surface area contributed by atoms with Crippen LogP contribution in [0.25, 0.3) is 0 Å². The van der Waals surface area contributed by atoms with Crippen molar-refractivity contribution >= 4 is 11.4 Å². The predicted molar refractivity (Wildman–Crippen MR) is 102 cm³/mol. The van der Waals surface area contributed by atoms with Gasteiger partial charge < -0.3 is 0 Å². The van der Waals surface area contributed by atoms with Gasteiger partial charge in [-0.25, -0.2) is 0 Å². The Kier molecular flexibility index (Phi) is 6.58. The summed E-state index contributed by atoms with van der Waals surface area (Å²) in [5.74, 6) is 0.668. The van der Waals surface area contributed by atoms with Gasteiger partial charge in [0.25, 0.3) is 0 Å². The first-order valence-electron chi connectivity index (χ1n) is 9.07. The molecule has 0 aliphatic carbocycles. The highest BCUT2D eigenvalue weighted by atomic mass is 14.8. The van der Waals surface area contributed by atoms with Crippen molar-refractivity contribution in [1.29, 1.82) is 0 Å². The lowest BCUT2D eigenvalue weighted by Gasteiger charge is -2.18. The van der Waals surface area contributed by atoms with Crippen molar-refractivity contribution in [3.8, 4) is 0 Å². The number of nitrogens with zero attached hydrogens (tertiary/aromatic N) is 1. The van der Waals surface area contributed by atoms with E-state index in [2.05, 4.69) is 62.4 Å². The summed E-state index contributed by atoms with van der Waals surface area (Å²) in [7, 11) is 0. The Morgan fingerprint density at radius 3 is 2.39 bits per heavy atom. The molecule has 0 radical (unpaired) electrons. The fraction of sp³-hybridized carbons (Fsp3) is 0.409. The van der Waals surface area contributed by atoms with Crippen LogP contribution in [0.3, 0.4) is 0 Å². The Balaban J connectivity index is 0.000000924. The summed E-state index contributed by atoms with van der Waals surface area (Å²) >= 11 is 0. The normalized spacial score (nSPS) is 13.0. The SMILES string of the molecule is CC.CCC(CC)c1cccc(C2=Nc3ccccc3CC2)c1. The minimum atomic E-state index is 0.668. The molecule has 2 aromatic rings. The van der Waals surface area contributed by atoms with Crippen LogP contribution in [0.15, 0.2) is 53.5 Å².